The minimum Gasteiger partial charge on any atom is -0.370 e. The van der Waals surface area contributed by atoms with Gasteiger partial charge in [0.2, 0.25) is 0 Å². The van der Waals surface area contributed by atoms with Crippen LogP contribution in [0.25, 0.3) is 0 Å². The van der Waals surface area contributed by atoms with E-state index in [2.05, 4.69) is 4.99 Å². The first-order valence-corrected chi connectivity index (χ1v) is 2.76. The summed E-state index contributed by atoms with van der Waals surface area (Å²) in [7, 11) is 0. The molecule has 0 aliphatic carbocycles. The zero-order valence-corrected chi connectivity index (χ0v) is 5.21. The zero-order valence-electron chi connectivity index (χ0n) is 5.21. The highest BCUT2D eigenvalue weighted by atomic mass is 16.1. The number of unbranched alkanes of at least 4 members (excludes halogenated alkanes) is 1. The Morgan fingerprint density at radius 3 is 2.67 bits per heavy atom. The van der Waals surface area contributed by atoms with Crippen molar-refractivity contribution in [1.29, 1.82) is 0 Å². The van der Waals surface area contributed by atoms with Crippen LogP contribution in [0.4, 0.5) is 0 Å². The van der Waals surface area contributed by atoms with Crippen LogP contribution in [-0.4, -0.2) is 18.8 Å². The molecule has 0 aliphatic heterocycles. The molecule has 0 aliphatic rings. The van der Waals surface area contributed by atoms with E-state index in [9.17, 15) is 4.79 Å². The topological polar surface area (TPSA) is 81.5 Å². The largest absolute Gasteiger partial charge is 0.370 e. The number of rotatable bonds is 4. The Kier molecular flexibility index (Phi) is 4.49. The van der Waals surface area contributed by atoms with Crippen LogP contribution < -0.4 is 11.5 Å². The van der Waals surface area contributed by atoms with Gasteiger partial charge in [0.25, 0.3) is 0 Å². The molecule has 4 nitrogen and oxygen atoms in total. The van der Waals surface area contributed by atoms with Gasteiger partial charge < -0.3 is 16.3 Å². The number of hydrogen-bond acceptors (Lipinski definition) is 2. The Bertz CT molecular complexity index is 107. The fraction of sp³-hybridized carbons (Fsp3) is 0.600. The molecular weight excluding hydrogens is 118 g/mol. The molecule has 4 heteroatoms. The van der Waals surface area contributed by atoms with Crippen molar-refractivity contribution in [2.75, 3.05) is 6.54 Å². The van der Waals surface area contributed by atoms with E-state index < -0.39 is 0 Å². The van der Waals surface area contributed by atoms with Crippen LogP contribution in [0.5, 0.6) is 0 Å². The number of aldehydes is 1. The van der Waals surface area contributed by atoms with E-state index in [-0.39, 0.29) is 5.96 Å². The number of nitrogens with zero attached hydrogens (tertiary/aromatic N) is 1. The maximum Gasteiger partial charge on any atom is 0.185 e. The molecule has 0 aromatic heterocycles. The molecule has 0 bridgehead atoms. The quantitative estimate of drug-likeness (QED) is 0.226. The summed E-state index contributed by atoms with van der Waals surface area (Å²) in [5.41, 5.74) is 10.0. The van der Waals surface area contributed by atoms with Gasteiger partial charge in [0, 0.05) is 13.0 Å². The lowest BCUT2D eigenvalue weighted by Gasteiger charge is -1.89. The molecule has 0 atom stereocenters. The molecule has 0 fully saturated rings. The van der Waals surface area contributed by atoms with Gasteiger partial charge >= 0.3 is 0 Å². The second-order valence-electron chi connectivity index (χ2n) is 1.62. The standard InChI is InChI=1S/C5H11N3O/c6-5(7)8-3-1-2-4-9/h4H,1-3H2,(H4,6,7,8). The van der Waals surface area contributed by atoms with Crippen molar-refractivity contribution < 1.29 is 4.79 Å². The van der Waals surface area contributed by atoms with E-state index in [0.717, 1.165) is 12.7 Å². The van der Waals surface area contributed by atoms with Gasteiger partial charge in [-0.15, -0.1) is 0 Å². The molecule has 0 saturated carbocycles. The van der Waals surface area contributed by atoms with Crippen molar-refractivity contribution in [3.63, 3.8) is 0 Å². The third-order valence-corrected chi connectivity index (χ3v) is 0.774. The first-order chi connectivity index (χ1) is 4.27. The number of aliphatic imine (C=N–C) groups is 1. The SMILES string of the molecule is NC(N)=NCCCC=O. The molecule has 52 valence electrons. The van der Waals surface area contributed by atoms with Gasteiger partial charge in [0.1, 0.15) is 6.29 Å². The van der Waals surface area contributed by atoms with Crippen molar-refractivity contribution in [1.82, 2.24) is 0 Å². The number of guanidine groups is 1. The maximum absolute atomic E-state index is 9.74. The summed E-state index contributed by atoms with van der Waals surface area (Å²) in [4.78, 5) is 13.4. The van der Waals surface area contributed by atoms with Crippen molar-refractivity contribution in [3.8, 4) is 0 Å². The third kappa shape index (κ3) is 6.94. The summed E-state index contributed by atoms with van der Waals surface area (Å²) in [6, 6.07) is 0. The molecule has 0 aromatic rings. The van der Waals surface area contributed by atoms with E-state index in [1.54, 1.807) is 0 Å². The highest BCUT2D eigenvalue weighted by molar-refractivity contribution is 5.75. The van der Waals surface area contributed by atoms with Gasteiger partial charge in [0.05, 0.1) is 0 Å². The maximum atomic E-state index is 9.74. The van der Waals surface area contributed by atoms with Gasteiger partial charge in [-0.3, -0.25) is 4.99 Å². The normalized spacial score (nSPS) is 8.44. The fourth-order valence-corrected chi connectivity index (χ4v) is 0.383. The molecule has 9 heavy (non-hydrogen) atoms. The second kappa shape index (κ2) is 5.08. The summed E-state index contributed by atoms with van der Waals surface area (Å²) in [6.07, 6.45) is 2.10. The summed E-state index contributed by atoms with van der Waals surface area (Å²) < 4.78 is 0. The average molecular weight is 129 g/mol. The van der Waals surface area contributed by atoms with E-state index in [4.69, 9.17) is 11.5 Å². The highest BCUT2D eigenvalue weighted by Crippen LogP contribution is 1.83. The lowest BCUT2D eigenvalue weighted by molar-refractivity contribution is -0.107. The van der Waals surface area contributed by atoms with Crippen LogP contribution in [-0.2, 0) is 4.79 Å². The van der Waals surface area contributed by atoms with Gasteiger partial charge in [-0.25, -0.2) is 0 Å². The average Bonchev–Trinajstić information content (AvgIpc) is 1.80. The summed E-state index contributed by atoms with van der Waals surface area (Å²) in [6.45, 7) is 0.543. The molecular formula is C5H11N3O. The minimum atomic E-state index is 0.0842. The van der Waals surface area contributed by atoms with Crippen LogP contribution >= 0.6 is 0 Å². The summed E-state index contributed by atoms with van der Waals surface area (Å²) in [5.74, 6) is 0.0842. The van der Waals surface area contributed by atoms with Crippen LogP contribution in [0.3, 0.4) is 0 Å². The van der Waals surface area contributed by atoms with E-state index in [0.29, 0.717) is 13.0 Å². The lowest BCUT2D eigenvalue weighted by Crippen LogP contribution is -2.22. The van der Waals surface area contributed by atoms with E-state index in [1.165, 1.54) is 0 Å². The lowest BCUT2D eigenvalue weighted by atomic mass is 10.3. The molecule has 0 aromatic carbocycles. The molecule has 0 amide bonds. The fourth-order valence-electron chi connectivity index (χ4n) is 0.383. The van der Waals surface area contributed by atoms with Gasteiger partial charge in [0.15, 0.2) is 5.96 Å². The Morgan fingerprint density at radius 2 is 2.22 bits per heavy atom. The first kappa shape index (κ1) is 7.94. The second-order valence-corrected chi connectivity index (χ2v) is 1.62. The van der Waals surface area contributed by atoms with Gasteiger partial charge in [-0.05, 0) is 6.42 Å². The molecule has 0 radical (unpaired) electrons. The van der Waals surface area contributed by atoms with Crippen molar-refractivity contribution in [3.05, 3.63) is 0 Å². The van der Waals surface area contributed by atoms with Crippen LogP contribution in [0, 0.1) is 0 Å². The molecule has 0 saturated heterocycles. The Balaban J connectivity index is 3.09. The first-order valence-electron chi connectivity index (χ1n) is 2.76. The van der Waals surface area contributed by atoms with Crippen molar-refractivity contribution in [2.24, 2.45) is 16.5 Å². The van der Waals surface area contributed by atoms with Crippen LogP contribution in [0.2, 0.25) is 0 Å². The zero-order chi connectivity index (χ0) is 7.11. The van der Waals surface area contributed by atoms with Crippen molar-refractivity contribution >= 4 is 12.2 Å². The molecule has 0 heterocycles. The smallest absolute Gasteiger partial charge is 0.185 e. The van der Waals surface area contributed by atoms with Crippen LogP contribution in [0.1, 0.15) is 12.8 Å². The minimum absolute atomic E-state index is 0.0842. The Morgan fingerprint density at radius 1 is 1.56 bits per heavy atom. The monoisotopic (exact) mass is 129 g/mol. The molecule has 0 spiro atoms. The summed E-state index contributed by atoms with van der Waals surface area (Å²) in [5, 5.41) is 0. The van der Waals surface area contributed by atoms with Crippen molar-refractivity contribution in [2.45, 2.75) is 12.8 Å². The number of carbonyl (C=O) groups excluding carboxylic acids is 1. The number of nitrogens with two attached hydrogens (primary N) is 2. The Labute approximate surface area is 53.9 Å². The van der Waals surface area contributed by atoms with Gasteiger partial charge in [-0.2, -0.15) is 0 Å². The third-order valence-electron chi connectivity index (χ3n) is 0.774. The van der Waals surface area contributed by atoms with E-state index >= 15 is 0 Å². The Hall–Kier alpha value is -1.06. The predicted octanol–water partition coefficient (Wildman–Crippen LogP) is -0.761. The highest BCUT2D eigenvalue weighted by Gasteiger charge is 1.82. The molecule has 0 unspecified atom stereocenters. The molecule has 4 N–H and O–H groups in total. The number of hydrogen-bond donors (Lipinski definition) is 2. The van der Waals surface area contributed by atoms with Crippen LogP contribution in [0.15, 0.2) is 4.99 Å². The summed E-state index contributed by atoms with van der Waals surface area (Å²) >= 11 is 0. The van der Waals surface area contributed by atoms with Gasteiger partial charge in [-0.1, -0.05) is 0 Å². The molecule has 0 rings (SSSR count). The van der Waals surface area contributed by atoms with E-state index in [1.807, 2.05) is 0 Å². The number of carbonyl (C=O) groups is 1. The predicted molar refractivity (Wildman–Crippen MR) is 36.0 cm³/mol.